The van der Waals surface area contributed by atoms with E-state index in [0.717, 1.165) is 22.6 Å². The molecule has 3 rings (SSSR count). The highest BCUT2D eigenvalue weighted by molar-refractivity contribution is 6.30. The van der Waals surface area contributed by atoms with Crippen molar-refractivity contribution in [3.05, 3.63) is 64.6 Å². The maximum absolute atomic E-state index is 9.05. The Hall–Kier alpha value is -2.51. The Labute approximate surface area is 127 Å². The second-order valence-corrected chi connectivity index (χ2v) is 5.27. The molecular weight excluding hydrogens is 284 g/mol. The van der Waals surface area contributed by atoms with Crippen LogP contribution in [0.3, 0.4) is 0 Å². The van der Waals surface area contributed by atoms with Gasteiger partial charge >= 0.3 is 0 Å². The largest absolute Gasteiger partial charge is 0.398 e. The maximum Gasteiger partial charge on any atom is 0.137 e. The third-order valence-electron chi connectivity index (χ3n) is 3.35. The van der Waals surface area contributed by atoms with Gasteiger partial charge in [-0.25, -0.2) is 4.98 Å². The van der Waals surface area contributed by atoms with Gasteiger partial charge in [-0.1, -0.05) is 23.7 Å². The van der Waals surface area contributed by atoms with Crippen LogP contribution in [0.15, 0.2) is 42.6 Å². The number of imidazole rings is 1. The molecule has 0 atom stereocenters. The number of hydrogen-bond acceptors (Lipinski definition) is 3. The molecule has 1 aromatic carbocycles. The molecule has 104 valence electrons. The van der Waals surface area contributed by atoms with Gasteiger partial charge in [-0.15, -0.1) is 0 Å². The predicted octanol–water partition coefficient (Wildman–Crippen LogP) is 3.23. The number of hydrogen-bond donors (Lipinski definition) is 1. The lowest BCUT2D eigenvalue weighted by Gasteiger charge is -2.02. The molecule has 3 aromatic rings. The topological polar surface area (TPSA) is 67.1 Å². The number of benzene rings is 1. The summed E-state index contributed by atoms with van der Waals surface area (Å²) in [6, 6.07) is 13.5. The van der Waals surface area contributed by atoms with Crippen molar-refractivity contribution in [1.29, 1.82) is 5.26 Å². The normalized spacial score (nSPS) is 10.7. The highest BCUT2D eigenvalue weighted by Crippen LogP contribution is 2.19. The van der Waals surface area contributed by atoms with Crippen LogP contribution in [0.4, 0.5) is 5.69 Å². The lowest BCUT2D eigenvalue weighted by Crippen LogP contribution is -1.98. The summed E-state index contributed by atoms with van der Waals surface area (Å²) in [7, 11) is 0. The van der Waals surface area contributed by atoms with Gasteiger partial charge < -0.3 is 10.1 Å². The van der Waals surface area contributed by atoms with Crippen LogP contribution in [0.2, 0.25) is 5.02 Å². The molecule has 2 N–H and O–H groups in total. The summed E-state index contributed by atoms with van der Waals surface area (Å²) in [6.07, 6.45) is 2.77. The summed E-state index contributed by atoms with van der Waals surface area (Å²) >= 11 is 5.90. The fraction of sp³-hybridized carbons (Fsp3) is 0.125. The average Bonchev–Trinajstić information content (AvgIpc) is 2.79. The van der Waals surface area contributed by atoms with Crippen molar-refractivity contribution in [2.75, 3.05) is 5.73 Å². The molecule has 0 unspecified atom stereocenters. The van der Waals surface area contributed by atoms with Crippen molar-refractivity contribution in [3.63, 3.8) is 0 Å². The summed E-state index contributed by atoms with van der Waals surface area (Å²) in [4.78, 5) is 4.61. The summed E-state index contributed by atoms with van der Waals surface area (Å²) in [6.45, 7) is 0. The zero-order chi connectivity index (χ0) is 14.8. The van der Waals surface area contributed by atoms with Crippen molar-refractivity contribution in [1.82, 2.24) is 9.38 Å². The van der Waals surface area contributed by atoms with Crippen molar-refractivity contribution in [3.8, 4) is 6.07 Å². The van der Waals surface area contributed by atoms with Gasteiger partial charge in [0.05, 0.1) is 23.9 Å². The minimum absolute atomic E-state index is 0.299. The van der Waals surface area contributed by atoms with Crippen LogP contribution in [0.1, 0.15) is 17.0 Å². The molecule has 0 aliphatic rings. The Balaban J connectivity index is 2.06. The molecule has 4 nitrogen and oxygen atoms in total. The molecular formula is C16H13ClN4. The molecule has 0 fully saturated rings. The van der Waals surface area contributed by atoms with Crippen LogP contribution in [0, 0.1) is 11.3 Å². The number of anilines is 1. The highest BCUT2D eigenvalue weighted by atomic mass is 35.5. The smallest absolute Gasteiger partial charge is 0.137 e. The zero-order valence-corrected chi connectivity index (χ0v) is 12.0. The summed E-state index contributed by atoms with van der Waals surface area (Å²) in [5.74, 6) is 0. The summed E-state index contributed by atoms with van der Waals surface area (Å²) < 4.78 is 1.89. The van der Waals surface area contributed by atoms with E-state index in [9.17, 15) is 0 Å². The number of nitrogen functional groups attached to an aromatic ring is 1. The predicted molar refractivity (Wildman–Crippen MR) is 83.2 cm³/mol. The van der Waals surface area contributed by atoms with Gasteiger partial charge in [0.25, 0.3) is 0 Å². The molecule has 0 aliphatic carbocycles. The van der Waals surface area contributed by atoms with E-state index in [4.69, 9.17) is 22.6 Å². The Morgan fingerprint density at radius 2 is 1.95 bits per heavy atom. The lowest BCUT2D eigenvalue weighted by molar-refractivity contribution is 1.00. The Morgan fingerprint density at radius 1 is 1.19 bits per heavy atom. The minimum atomic E-state index is 0.299. The van der Waals surface area contributed by atoms with E-state index in [-0.39, 0.29) is 0 Å². The number of nitrogens with two attached hydrogens (primary N) is 1. The van der Waals surface area contributed by atoms with Crippen molar-refractivity contribution < 1.29 is 0 Å². The lowest BCUT2D eigenvalue weighted by atomic mass is 10.1. The second-order valence-electron chi connectivity index (χ2n) is 4.83. The zero-order valence-electron chi connectivity index (χ0n) is 11.3. The first-order chi connectivity index (χ1) is 10.2. The molecule has 5 heteroatoms. The quantitative estimate of drug-likeness (QED) is 0.807. The maximum atomic E-state index is 9.05. The van der Waals surface area contributed by atoms with Gasteiger partial charge in [-0.3, -0.25) is 0 Å². The van der Waals surface area contributed by atoms with Crippen LogP contribution in [0.25, 0.3) is 5.65 Å². The number of nitriles is 1. The fourth-order valence-corrected chi connectivity index (χ4v) is 2.48. The first kappa shape index (κ1) is 13.5. The number of aromatic nitrogens is 2. The van der Waals surface area contributed by atoms with E-state index in [1.54, 1.807) is 6.20 Å². The molecule has 2 heterocycles. The third kappa shape index (κ3) is 2.69. The van der Waals surface area contributed by atoms with Crippen molar-refractivity contribution in [2.45, 2.75) is 12.8 Å². The first-order valence-corrected chi connectivity index (χ1v) is 6.92. The molecule has 0 saturated carbocycles. The Morgan fingerprint density at radius 3 is 2.67 bits per heavy atom. The van der Waals surface area contributed by atoms with E-state index in [1.165, 1.54) is 0 Å². The van der Waals surface area contributed by atoms with Crippen LogP contribution < -0.4 is 5.73 Å². The SMILES string of the molecule is N#CCc1c(Cc2ccc(Cl)cc2)nc2ccc(N)cn12. The minimum Gasteiger partial charge on any atom is -0.398 e. The number of pyridine rings is 1. The molecule has 0 saturated heterocycles. The van der Waals surface area contributed by atoms with E-state index >= 15 is 0 Å². The molecule has 0 bridgehead atoms. The number of fused-ring (bicyclic) bond motifs is 1. The Kier molecular flexibility index (Phi) is 3.51. The molecule has 0 radical (unpaired) electrons. The second kappa shape index (κ2) is 5.47. The van der Waals surface area contributed by atoms with Crippen molar-refractivity contribution in [2.24, 2.45) is 0 Å². The van der Waals surface area contributed by atoms with E-state index in [0.29, 0.717) is 23.6 Å². The van der Waals surface area contributed by atoms with Gasteiger partial charge in [-0.05, 0) is 29.8 Å². The van der Waals surface area contributed by atoms with Gasteiger partial charge in [0.1, 0.15) is 5.65 Å². The molecule has 0 aliphatic heterocycles. The van der Waals surface area contributed by atoms with Crippen LogP contribution in [-0.2, 0) is 12.8 Å². The van der Waals surface area contributed by atoms with Crippen LogP contribution in [0.5, 0.6) is 0 Å². The Bertz CT molecular complexity index is 828. The highest BCUT2D eigenvalue weighted by Gasteiger charge is 2.12. The standard InChI is InChI=1S/C16H13ClN4/c17-12-3-1-11(2-4-12)9-14-15(7-8-18)21-10-13(19)5-6-16(21)20-14/h1-6,10H,7,9,19H2. The summed E-state index contributed by atoms with van der Waals surface area (Å²) in [5.41, 5.74) is 10.2. The molecule has 0 spiro atoms. The monoisotopic (exact) mass is 296 g/mol. The molecule has 0 amide bonds. The third-order valence-corrected chi connectivity index (χ3v) is 3.61. The number of nitrogens with zero attached hydrogens (tertiary/aromatic N) is 3. The average molecular weight is 297 g/mol. The number of rotatable bonds is 3. The van der Waals surface area contributed by atoms with Crippen LogP contribution >= 0.6 is 11.6 Å². The van der Waals surface area contributed by atoms with Crippen molar-refractivity contribution >= 4 is 22.9 Å². The van der Waals surface area contributed by atoms with E-state index in [1.807, 2.05) is 40.8 Å². The van der Waals surface area contributed by atoms with Gasteiger partial charge in [0.2, 0.25) is 0 Å². The first-order valence-electron chi connectivity index (χ1n) is 6.54. The number of halogens is 1. The van der Waals surface area contributed by atoms with E-state index < -0.39 is 0 Å². The van der Waals surface area contributed by atoms with Gasteiger partial charge in [0, 0.05) is 23.3 Å². The molecule has 21 heavy (non-hydrogen) atoms. The van der Waals surface area contributed by atoms with Gasteiger partial charge in [-0.2, -0.15) is 5.26 Å². The van der Waals surface area contributed by atoms with Crippen LogP contribution in [-0.4, -0.2) is 9.38 Å². The summed E-state index contributed by atoms with van der Waals surface area (Å²) in [5, 5.41) is 9.76. The fourth-order valence-electron chi connectivity index (χ4n) is 2.36. The van der Waals surface area contributed by atoms with Gasteiger partial charge in [0.15, 0.2) is 0 Å². The molecule has 2 aromatic heterocycles. The van der Waals surface area contributed by atoms with E-state index in [2.05, 4.69) is 11.1 Å².